The molecule has 210 valence electrons. The van der Waals surface area contributed by atoms with E-state index in [4.69, 9.17) is 0 Å². The summed E-state index contributed by atoms with van der Waals surface area (Å²) in [5.41, 5.74) is 7.59. The minimum Gasteiger partial charge on any atom is -0.372 e. The van der Waals surface area contributed by atoms with Gasteiger partial charge in [0.05, 0.1) is 17.2 Å². The van der Waals surface area contributed by atoms with Gasteiger partial charge in [-0.15, -0.1) is 10.2 Å². The van der Waals surface area contributed by atoms with Crippen molar-refractivity contribution in [2.75, 3.05) is 32.0 Å². The summed E-state index contributed by atoms with van der Waals surface area (Å²) in [5.74, 6) is 0.479. The average Bonchev–Trinajstić information content (AvgIpc) is 2.95. The van der Waals surface area contributed by atoms with Gasteiger partial charge in [0.15, 0.2) is 0 Å². The van der Waals surface area contributed by atoms with E-state index < -0.39 is 5.41 Å². The summed E-state index contributed by atoms with van der Waals surface area (Å²) in [4.78, 5) is 6.87. The zero-order valence-electron chi connectivity index (χ0n) is 25.1. The third-order valence-corrected chi connectivity index (χ3v) is 7.15. The molecule has 2 aromatic heterocycles. The molecule has 0 unspecified atom stereocenters. The molecule has 0 bridgehead atoms. The number of pyridine rings is 1. The van der Waals surface area contributed by atoms with Crippen LogP contribution < -0.4 is 5.32 Å². The van der Waals surface area contributed by atoms with E-state index in [1.807, 2.05) is 72.9 Å². The van der Waals surface area contributed by atoms with Crippen molar-refractivity contribution in [3.63, 3.8) is 0 Å². The minimum atomic E-state index is -0.721. The Hall–Kier alpha value is -3.89. The number of hydrogen-bond acceptors (Lipinski definition) is 6. The Kier molecular flexibility index (Phi) is 10.3. The molecular weight excluding hydrogens is 499 g/mol. The van der Waals surface area contributed by atoms with Gasteiger partial charge in [0.1, 0.15) is 11.6 Å². The van der Waals surface area contributed by atoms with E-state index in [0.29, 0.717) is 11.1 Å². The van der Waals surface area contributed by atoms with E-state index in [9.17, 15) is 5.26 Å². The number of halogens is 1. The van der Waals surface area contributed by atoms with Crippen molar-refractivity contribution >= 4 is 17.5 Å². The van der Waals surface area contributed by atoms with Crippen LogP contribution in [0.5, 0.6) is 0 Å². The Morgan fingerprint density at radius 1 is 1.18 bits per heavy atom. The van der Waals surface area contributed by atoms with Crippen LogP contribution in [-0.4, -0.2) is 46.8 Å². The monoisotopic (exact) mass is 540 g/mol. The highest BCUT2D eigenvalue weighted by Crippen LogP contribution is 2.33. The van der Waals surface area contributed by atoms with E-state index in [0.717, 1.165) is 65.5 Å². The Morgan fingerprint density at radius 2 is 1.93 bits per heavy atom. The second-order valence-electron chi connectivity index (χ2n) is 10.5. The summed E-state index contributed by atoms with van der Waals surface area (Å²) in [6, 6.07) is 11.6. The van der Waals surface area contributed by atoms with Crippen LogP contribution in [0.3, 0.4) is 0 Å². The number of aromatic nitrogens is 3. The molecular formula is C33H41FN6. The first-order chi connectivity index (χ1) is 19.1. The molecule has 0 saturated carbocycles. The first-order valence-electron chi connectivity index (χ1n) is 13.9. The lowest BCUT2D eigenvalue weighted by Gasteiger charge is -2.28. The van der Waals surface area contributed by atoms with Gasteiger partial charge in [0.2, 0.25) is 0 Å². The molecule has 1 N–H and O–H groups in total. The van der Waals surface area contributed by atoms with Crippen LogP contribution in [0, 0.1) is 31.0 Å². The summed E-state index contributed by atoms with van der Waals surface area (Å²) in [7, 11) is 1.82. The topological polar surface area (TPSA) is 77.7 Å². The molecule has 4 rings (SSSR count). The molecule has 3 heterocycles. The standard InChI is InChI=1S/C31H35FN6.C2H6/c1-20(15-26-22(3)35-12-9-25(26)28-7-8-29(34-6)37-36-28)18-38-13-10-23(11-14-38)30-21(2)16-24(17-27(30)32)31(4,5)19-33;1-2/h7-10,12,15-17H,11,13-14,18H2,1-6H3,(H,34,37);1-2H3/b20-15+;. The van der Waals surface area contributed by atoms with Gasteiger partial charge < -0.3 is 5.32 Å². The van der Waals surface area contributed by atoms with Crippen molar-refractivity contribution in [2.45, 2.75) is 60.3 Å². The number of nitrogens with one attached hydrogen (secondary N) is 1. The molecule has 1 aromatic carbocycles. The van der Waals surface area contributed by atoms with Crippen molar-refractivity contribution in [1.29, 1.82) is 5.26 Å². The molecule has 0 radical (unpaired) electrons. The maximum absolute atomic E-state index is 15.2. The highest BCUT2D eigenvalue weighted by molar-refractivity contribution is 5.75. The predicted molar refractivity (Wildman–Crippen MR) is 163 cm³/mol. The zero-order valence-corrected chi connectivity index (χ0v) is 25.1. The van der Waals surface area contributed by atoms with E-state index in [1.54, 1.807) is 6.20 Å². The molecule has 6 nitrogen and oxygen atoms in total. The maximum Gasteiger partial charge on any atom is 0.148 e. The van der Waals surface area contributed by atoms with Crippen LogP contribution >= 0.6 is 0 Å². The van der Waals surface area contributed by atoms with E-state index in [-0.39, 0.29) is 5.82 Å². The Balaban J connectivity index is 0.00000216. The average molecular weight is 541 g/mol. The van der Waals surface area contributed by atoms with Crippen molar-refractivity contribution in [2.24, 2.45) is 0 Å². The van der Waals surface area contributed by atoms with E-state index >= 15 is 4.39 Å². The molecule has 0 aliphatic carbocycles. The molecule has 0 atom stereocenters. The van der Waals surface area contributed by atoms with Gasteiger partial charge in [0.25, 0.3) is 0 Å². The van der Waals surface area contributed by atoms with Gasteiger partial charge in [0, 0.05) is 55.3 Å². The number of nitrogens with zero attached hydrogens (tertiary/aromatic N) is 5. The van der Waals surface area contributed by atoms with Gasteiger partial charge in [-0.2, -0.15) is 5.26 Å². The lowest BCUT2D eigenvalue weighted by atomic mass is 9.83. The van der Waals surface area contributed by atoms with Crippen LogP contribution in [0.4, 0.5) is 10.2 Å². The quantitative estimate of drug-likeness (QED) is 0.337. The lowest BCUT2D eigenvalue weighted by Crippen LogP contribution is -2.30. The summed E-state index contributed by atoms with van der Waals surface area (Å²) in [6.07, 6.45) is 6.90. The normalized spacial score (nSPS) is 14.1. The Bertz CT molecular complexity index is 1410. The number of rotatable bonds is 7. The van der Waals surface area contributed by atoms with Crippen LogP contribution in [0.15, 0.2) is 48.2 Å². The van der Waals surface area contributed by atoms with Crippen LogP contribution in [-0.2, 0) is 5.41 Å². The first-order valence-corrected chi connectivity index (χ1v) is 13.9. The summed E-state index contributed by atoms with van der Waals surface area (Å²) in [5, 5.41) is 21.1. The van der Waals surface area contributed by atoms with E-state index in [1.165, 1.54) is 11.6 Å². The molecule has 40 heavy (non-hydrogen) atoms. The SMILES string of the molecule is CC.CNc1ccc(-c2ccnc(C)c2/C=C(\C)CN2CC=C(c3c(C)cc(C(C)(C)C#N)cc3F)CC2)nn1. The molecule has 1 aliphatic rings. The summed E-state index contributed by atoms with van der Waals surface area (Å²) in [6.45, 7) is 16.1. The smallest absolute Gasteiger partial charge is 0.148 e. The third-order valence-electron chi connectivity index (χ3n) is 7.15. The molecule has 0 saturated heterocycles. The molecule has 0 amide bonds. The fraction of sp³-hybridized carbons (Fsp3) is 0.394. The number of nitriles is 1. The number of benzene rings is 1. The van der Waals surface area contributed by atoms with Gasteiger partial charge in [-0.1, -0.05) is 37.6 Å². The van der Waals surface area contributed by atoms with Crippen LogP contribution in [0.2, 0.25) is 0 Å². The largest absolute Gasteiger partial charge is 0.372 e. The number of anilines is 1. The second-order valence-corrected chi connectivity index (χ2v) is 10.5. The fourth-order valence-corrected chi connectivity index (χ4v) is 4.90. The number of aryl methyl sites for hydroxylation is 2. The summed E-state index contributed by atoms with van der Waals surface area (Å²) < 4.78 is 15.2. The fourth-order valence-electron chi connectivity index (χ4n) is 4.90. The second kappa shape index (κ2) is 13.5. The van der Waals surface area contributed by atoms with Gasteiger partial charge >= 0.3 is 0 Å². The van der Waals surface area contributed by atoms with Gasteiger partial charge in [-0.05, 0) is 82.0 Å². The molecule has 0 spiro atoms. The molecule has 0 fully saturated rings. The van der Waals surface area contributed by atoms with Crippen molar-refractivity contribution in [3.05, 3.63) is 81.9 Å². The Morgan fingerprint density at radius 3 is 2.50 bits per heavy atom. The first kappa shape index (κ1) is 30.6. The zero-order chi connectivity index (χ0) is 29.4. The lowest BCUT2D eigenvalue weighted by molar-refractivity contribution is 0.327. The molecule has 1 aliphatic heterocycles. The number of hydrogen-bond donors (Lipinski definition) is 1. The third kappa shape index (κ3) is 7.00. The van der Waals surface area contributed by atoms with E-state index in [2.05, 4.69) is 50.5 Å². The maximum atomic E-state index is 15.2. The molecule has 7 heteroatoms. The van der Waals surface area contributed by atoms with Crippen molar-refractivity contribution < 1.29 is 4.39 Å². The van der Waals surface area contributed by atoms with Crippen molar-refractivity contribution in [1.82, 2.24) is 20.1 Å². The summed E-state index contributed by atoms with van der Waals surface area (Å²) >= 11 is 0. The van der Waals surface area contributed by atoms with Crippen LogP contribution in [0.25, 0.3) is 22.9 Å². The predicted octanol–water partition coefficient (Wildman–Crippen LogP) is 7.36. The molecule has 3 aromatic rings. The van der Waals surface area contributed by atoms with Gasteiger partial charge in [-0.25, -0.2) is 4.39 Å². The Labute approximate surface area is 238 Å². The van der Waals surface area contributed by atoms with Crippen LogP contribution in [0.1, 0.15) is 69.0 Å². The van der Waals surface area contributed by atoms with Crippen molar-refractivity contribution in [3.8, 4) is 17.3 Å². The highest BCUT2D eigenvalue weighted by Gasteiger charge is 2.24. The van der Waals surface area contributed by atoms with Gasteiger partial charge in [-0.3, -0.25) is 9.88 Å². The highest BCUT2D eigenvalue weighted by atomic mass is 19.1. The minimum absolute atomic E-state index is 0.246.